The molecule has 168 valence electrons. The van der Waals surface area contributed by atoms with Gasteiger partial charge in [-0.1, -0.05) is 24.3 Å². The number of aromatic nitrogens is 1. The average Bonchev–Trinajstić information content (AvgIpc) is 3.34. The number of methoxy groups -OCH3 is 1. The van der Waals surface area contributed by atoms with Gasteiger partial charge in [-0.05, 0) is 68.4 Å². The fourth-order valence-electron chi connectivity index (χ4n) is 4.98. The van der Waals surface area contributed by atoms with E-state index in [0.717, 1.165) is 68.0 Å². The van der Waals surface area contributed by atoms with Gasteiger partial charge >= 0.3 is 0 Å². The van der Waals surface area contributed by atoms with E-state index in [1.807, 2.05) is 12.3 Å². The summed E-state index contributed by atoms with van der Waals surface area (Å²) in [6.07, 6.45) is 9.41. The highest BCUT2D eigenvalue weighted by Crippen LogP contribution is 2.33. The van der Waals surface area contributed by atoms with Gasteiger partial charge in [-0.2, -0.15) is 0 Å². The molecule has 1 saturated heterocycles. The number of piperidine rings is 1. The highest BCUT2D eigenvalue weighted by Gasteiger charge is 2.21. The van der Waals surface area contributed by atoms with Crippen LogP contribution in [0.2, 0.25) is 0 Å². The molecule has 1 aromatic heterocycles. The van der Waals surface area contributed by atoms with Gasteiger partial charge in [0.05, 0.1) is 30.6 Å². The molecule has 5 rings (SSSR count). The minimum atomic E-state index is 0.338. The van der Waals surface area contributed by atoms with E-state index >= 15 is 0 Å². The molecule has 2 aromatic carbocycles. The van der Waals surface area contributed by atoms with Crippen LogP contribution in [0.5, 0.6) is 11.5 Å². The number of fused-ring (bicyclic) bond motifs is 1. The van der Waals surface area contributed by atoms with E-state index in [1.165, 1.54) is 23.8 Å². The molecule has 1 aliphatic carbocycles. The molecular weight excluding hydrogens is 398 g/mol. The molecule has 0 atom stereocenters. The van der Waals surface area contributed by atoms with Crippen LogP contribution < -0.4 is 14.8 Å². The quantitative estimate of drug-likeness (QED) is 0.524. The molecule has 1 N–H and O–H groups in total. The lowest BCUT2D eigenvalue weighted by molar-refractivity contribution is 0.197. The fraction of sp³-hybridized carbons (Fsp3) is 0.444. The summed E-state index contributed by atoms with van der Waals surface area (Å²) in [5.41, 5.74) is 3.46. The number of anilines is 1. The van der Waals surface area contributed by atoms with E-state index < -0.39 is 0 Å². The van der Waals surface area contributed by atoms with Gasteiger partial charge in [0.25, 0.3) is 0 Å². The van der Waals surface area contributed by atoms with Gasteiger partial charge in [-0.15, -0.1) is 0 Å². The number of pyridine rings is 1. The van der Waals surface area contributed by atoms with Crippen molar-refractivity contribution in [2.75, 3.05) is 25.5 Å². The molecule has 0 amide bonds. The second-order valence-corrected chi connectivity index (χ2v) is 9.12. The first-order valence-corrected chi connectivity index (χ1v) is 11.9. The predicted octanol–water partition coefficient (Wildman–Crippen LogP) is 5.64. The second-order valence-electron chi connectivity index (χ2n) is 9.12. The molecule has 3 aromatic rings. The molecule has 2 heterocycles. The molecule has 1 aliphatic heterocycles. The topological polar surface area (TPSA) is 46.6 Å². The lowest BCUT2D eigenvalue weighted by Crippen LogP contribution is -2.38. The van der Waals surface area contributed by atoms with Gasteiger partial charge in [0.15, 0.2) is 11.5 Å². The largest absolute Gasteiger partial charge is 0.493 e. The second kappa shape index (κ2) is 9.78. The zero-order chi connectivity index (χ0) is 21.8. The van der Waals surface area contributed by atoms with Crippen molar-refractivity contribution in [1.82, 2.24) is 9.88 Å². The van der Waals surface area contributed by atoms with Crippen molar-refractivity contribution < 1.29 is 9.47 Å². The first-order valence-electron chi connectivity index (χ1n) is 11.9. The van der Waals surface area contributed by atoms with Crippen molar-refractivity contribution in [3.05, 3.63) is 60.3 Å². The molecule has 1 saturated carbocycles. The monoisotopic (exact) mass is 431 g/mol. The smallest absolute Gasteiger partial charge is 0.161 e. The maximum Gasteiger partial charge on any atom is 0.161 e. The SMILES string of the molecule is COc1ccc(CN2CCC(Nc3cnc4ccccc4c3)CC2)cc1OC1CCCC1. The molecule has 2 fully saturated rings. The van der Waals surface area contributed by atoms with Crippen LogP contribution in [0.1, 0.15) is 44.1 Å². The van der Waals surface area contributed by atoms with Crippen LogP contribution >= 0.6 is 0 Å². The Hall–Kier alpha value is -2.79. The molecule has 32 heavy (non-hydrogen) atoms. The van der Waals surface area contributed by atoms with Crippen molar-refractivity contribution in [3.63, 3.8) is 0 Å². The summed E-state index contributed by atoms with van der Waals surface area (Å²) >= 11 is 0. The van der Waals surface area contributed by atoms with Crippen LogP contribution in [0, 0.1) is 0 Å². The van der Waals surface area contributed by atoms with E-state index in [1.54, 1.807) is 7.11 Å². The van der Waals surface area contributed by atoms with Crippen molar-refractivity contribution in [1.29, 1.82) is 0 Å². The van der Waals surface area contributed by atoms with E-state index in [0.29, 0.717) is 12.1 Å². The van der Waals surface area contributed by atoms with Gasteiger partial charge in [0.2, 0.25) is 0 Å². The number of rotatable bonds is 7. The van der Waals surface area contributed by atoms with Crippen LogP contribution in [0.3, 0.4) is 0 Å². The van der Waals surface area contributed by atoms with Crippen molar-refractivity contribution in [3.8, 4) is 11.5 Å². The fourth-order valence-corrected chi connectivity index (χ4v) is 4.98. The minimum Gasteiger partial charge on any atom is -0.493 e. The van der Waals surface area contributed by atoms with Gasteiger partial charge in [-0.25, -0.2) is 0 Å². The Bertz CT molecular complexity index is 1040. The van der Waals surface area contributed by atoms with Crippen molar-refractivity contribution in [2.45, 2.75) is 57.2 Å². The Morgan fingerprint density at radius 1 is 0.969 bits per heavy atom. The Morgan fingerprint density at radius 3 is 2.59 bits per heavy atom. The number of nitrogens with one attached hydrogen (secondary N) is 1. The number of hydrogen-bond donors (Lipinski definition) is 1. The summed E-state index contributed by atoms with van der Waals surface area (Å²) in [6.45, 7) is 3.13. The number of ether oxygens (including phenoxy) is 2. The summed E-state index contributed by atoms with van der Waals surface area (Å²) in [6, 6.07) is 17.4. The third kappa shape index (κ3) is 4.99. The van der Waals surface area contributed by atoms with Crippen molar-refractivity contribution >= 4 is 16.6 Å². The zero-order valence-corrected chi connectivity index (χ0v) is 18.9. The lowest BCUT2D eigenvalue weighted by atomic mass is 10.0. The van der Waals surface area contributed by atoms with Crippen LogP contribution in [-0.2, 0) is 6.54 Å². The summed E-state index contributed by atoms with van der Waals surface area (Å²) in [7, 11) is 1.72. The normalized spacial score (nSPS) is 18.2. The average molecular weight is 432 g/mol. The maximum absolute atomic E-state index is 6.28. The number of hydrogen-bond acceptors (Lipinski definition) is 5. The lowest BCUT2D eigenvalue weighted by Gasteiger charge is -2.33. The van der Waals surface area contributed by atoms with Crippen LogP contribution in [0.4, 0.5) is 5.69 Å². The first-order chi connectivity index (χ1) is 15.8. The third-order valence-electron chi connectivity index (χ3n) is 6.78. The molecular formula is C27H33N3O2. The van der Waals surface area contributed by atoms with Gasteiger partial charge < -0.3 is 14.8 Å². The van der Waals surface area contributed by atoms with Gasteiger partial charge in [0.1, 0.15) is 0 Å². The molecule has 0 spiro atoms. The summed E-state index contributed by atoms with van der Waals surface area (Å²) in [5.74, 6) is 1.74. The summed E-state index contributed by atoms with van der Waals surface area (Å²) in [4.78, 5) is 7.12. The molecule has 0 unspecified atom stereocenters. The van der Waals surface area contributed by atoms with E-state index in [-0.39, 0.29) is 0 Å². The van der Waals surface area contributed by atoms with Crippen LogP contribution in [0.25, 0.3) is 10.9 Å². The van der Waals surface area contributed by atoms with Crippen molar-refractivity contribution in [2.24, 2.45) is 0 Å². The molecule has 0 radical (unpaired) electrons. The zero-order valence-electron chi connectivity index (χ0n) is 18.9. The summed E-state index contributed by atoms with van der Waals surface area (Å²) in [5, 5.41) is 4.88. The Morgan fingerprint density at radius 2 is 1.78 bits per heavy atom. The number of likely N-dealkylation sites (tertiary alicyclic amines) is 1. The van der Waals surface area contributed by atoms with Crippen LogP contribution in [-0.4, -0.2) is 42.2 Å². The van der Waals surface area contributed by atoms with Crippen LogP contribution in [0.15, 0.2) is 54.7 Å². The number of nitrogens with zero attached hydrogens (tertiary/aromatic N) is 2. The minimum absolute atomic E-state index is 0.338. The first kappa shape index (κ1) is 21.1. The standard InChI is InChI=1S/C27H33N3O2/c1-31-26-11-10-20(16-27(26)32-24-7-3-4-8-24)19-30-14-12-22(13-15-30)29-23-17-21-6-2-5-9-25(21)28-18-23/h2,5-6,9-11,16-18,22,24,29H,3-4,7-8,12-15,19H2,1H3. The molecule has 5 nitrogen and oxygen atoms in total. The Kier molecular flexibility index (Phi) is 6.44. The number of para-hydroxylation sites is 1. The molecule has 5 heteroatoms. The number of benzene rings is 2. The summed E-state index contributed by atoms with van der Waals surface area (Å²) < 4.78 is 11.8. The highest BCUT2D eigenvalue weighted by atomic mass is 16.5. The Labute approximate surface area is 190 Å². The highest BCUT2D eigenvalue weighted by molar-refractivity contribution is 5.81. The van der Waals surface area contributed by atoms with E-state index in [4.69, 9.17) is 9.47 Å². The maximum atomic E-state index is 6.28. The predicted molar refractivity (Wildman–Crippen MR) is 130 cm³/mol. The molecule has 2 aliphatic rings. The van der Waals surface area contributed by atoms with E-state index in [2.05, 4.69) is 57.7 Å². The van der Waals surface area contributed by atoms with E-state index in [9.17, 15) is 0 Å². The molecule has 0 bridgehead atoms. The third-order valence-corrected chi connectivity index (χ3v) is 6.78. The Balaban J connectivity index is 1.16. The van der Waals surface area contributed by atoms with Gasteiger partial charge in [0, 0.05) is 31.1 Å². The van der Waals surface area contributed by atoms with Gasteiger partial charge in [-0.3, -0.25) is 9.88 Å².